The van der Waals surface area contributed by atoms with Gasteiger partial charge < -0.3 is 5.73 Å². The Morgan fingerprint density at radius 1 is 1.00 bits per heavy atom. The van der Waals surface area contributed by atoms with E-state index in [9.17, 15) is 0 Å². The highest BCUT2D eigenvalue weighted by molar-refractivity contribution is 5.43. The number of hydrogen-bond acceptors (Lipinski definition) is 2. The Morgan fingerprint density at radius 3 is 2.24 bits per heavy atom. The number of likely N-dealkylation sites (N-methyl/N-ethyl adjacent to an activating group) is 1. The van der Waals surface area contributed by atoms with Crippen LogP contribution in [0, 0.1) is 0 Å². The van der Waals surface area contributed by atoms with E-state index in [1.807, 2.05) is 12.1 Å². The van der Waals surface area contributed by atoms with Crippen LogP contribution in [0.2, 0.25) is 0 Å². The van der Waals surface area contributed by atoms with Crippen LogP contribution < -0.4 is 5.73 Å². The van der Waals surface area contributed by atoms with Gasteiger partial charge in [0.2, 0.25) is 0 Å². The van der Waals surface area contributed by atoms with Gasteiger partial charge in [0.05, 0.1) is 0 Å². The largest absolute Gasteiger partial charge is 0.399 e. The molecule has 0 aliphatic heterocycles. The molecule has 2 aromatic carbocycles. The van der Waals surface area contributed by atoms with Crippen molar-refractivity contribution in [2.45, 2.75) is 31.7 Å². The van der Waals surface area contributed by atoms with Gasteiger partial charge in [-0.05, 0) is 42.6 Å². The second-order valence-electron chi connectivity index (χ2n) is 6.19. The number of benzene rings is 2. The second kappa shape index (κ2) is 5.90. The third-order valence-corrected chi connectivity index (χ3v) is 4.60. The molecule has 0 spiro atoms. The van der Waals surface area contributed by atoms with Gasteiger partial charge in [-0.1, -0.05) is 49.4 Å². The molecule has 1 saturated carbocycles. The molecule has 21 heavy (non-hydrogen) atoms. The molecular weight excluding hydrogens is 256 g/mol. The van der Waals surface area contributed by atoms with E-state index in [-0.39, 0.29) is 0 Å². The second-order valence-corrected chi connectivity index (χ2v) is 6.19. The van der Waals surface area contributed by atoms with Crippen LogP contribution in [0.4, 0.5) is 5.69 Å². The van der Waals surface area contributed by atoms with E-state index >= 15 is 0 Å². The first kappa shape index (κ1) is 14.2. The lowest BCUT2D eigenvalue weighted by Gasteiger charge is -2.27. The van der Waals surface area contributed by atoms with Crippen molar-refractivity contribution in [1.82, 2.24) is 4.90 Å². The highest BCUT2D eigenvalue weighted by Gasteiger charge is 2.45. The predicted octanol–water partition coefficient (Wildman–Crippen LogP) is 3.82. The maximum atomic E-state index is 5.81. The number of nitrogens with two attached hydrogens (primary N) is 1. The van der Waals surface area contributed by atoms with E-state index in [4.69, 9.17) is 5.73 Å². The first-order valence-electron chi connectivity index (χ1n) is 7.84. The Labute approximate surface area is 127 Å². The molecule has 0 atom stereocenters. The average Bonchev–Trinajstić information content (AvgIpc) is 3.29. The molecule has 110 valence electrons. The summed E-state index contributed by atoms with van der Waals surface area (Å²) >= 11 is 0. The molecule has 2 nitrogen and oxygen atoms in total. The molecule has 2 aromatic rings. The number of nitrogens with zero attached hydrogens (tertiary/aromatic N) is 1. The minimum absolute atomic E-state index is 0.360. The zero-order valence-corrected chi connectivity index (χ0v) is 12.8. The molecule has 2 heteroatoms. The fourth-order valence-corrected chi connectivity index (χ4v) is 3.07. The molecule has 0 heterocycles. The van der Waals surface area contributed by atoms with Crippen LogP contribution in [-0.4, -0.2) is 18.0 Å². The normalized spacial score (nSPS) is 16.1. The molecule has 1 aliphatic carbocycles. The summed E-state index contributed by atoms with van der Waals surface area (Å²) in [6.45, 7) is 5.52. The topological polar surface area (TPSA) is 29.3 Å². The zero-order chi connectivity index (χ0) is 14.7. The molecule has 0 saturated heterocycles. The third-order valence-electron chi connectivity index (χ3n) is 4.60. The molecule has 0 amide bonds. The highest BCUT2D eigenvalue weighted by atomic mass is 15.1. The maximum Gasteiger partial charge on any atom is 0.0314 e. The summed E-state index contributed by atoms with van der Waals surface area (Å²) in [7, 11) is 0. The van der Waals surface area contributed by atoms with Crippen molar-refractivity contribution < 1.29 is 0 Å². The monoisotopic (exact) mass is 280 g/mol. The van der Waals surface area contributed by atoms with Crippen molar-refractivity contribution in [2.24, 2.45) is 0 Å². The number of rotatable bonds is 6. The van der Waals surface area contributed by atoms with E-state index in [2.05, 4.69) is 54.3 Å². The van der Waals surface area contributed by atoms with E-state index in [0.717, 1.165) is 25.3 Å². The van der Waals surface area contributed by atoms with Crippen LogP contribution in [0.15, 0.2) is 54.6 Å². The van der Waals surface area contributed by atoms with Crippen LogP contribution in [0.25, 0.3) is 0 Å². The summed E-state index contributed by atoms with van der Waals surface area (Å²) in [4.78, 5) is 2.55. The van der Waals surface area contributed by atoms with Crippen molar-refractivity contribution in [3.63, 3.8) is 0 Å². The summed E-state index contributed by atoms with van der Waals surface area (Å²) in [6, 6.07) is 19.2. The molecule has 3 rings (SSSR count). The highest BCUT2D eigenvalue weighted by Crippen LogP contribution is 2.49. The Morgan fingerprint density at radius 2 is 1.67 bits per heavy atom. The molecule has 0 unspecified atom stereocenters. The Hall–Kier alpha value is -1.80. The minimum Gasteiger partial charge on any atom is -0.399 e. The Kier molecular flexibility index (Phi) is 3.98. The van der Waals surface area contributed by atoms with Crippen LogP contribution in [0.1, 0.15) is 30.9 Å². The van der Waals surface area contributed by atoms with Crippen LogP contribution in [0.5, 0.6) is 0 Å². The van der Waals surface area contributed by atoms with E-state index in [1.54, 1.807) is 0 Å². The molecule has 0 bridgehead atoms. The lowest BCUT2D eigenvalue weighted by Crippen LogP contribution is -2.32. The van der Waals surface area contributed by atoms with Gasteiger partial charge in [0.25, 0.3) is 0 Å². The summed E-state index contributed by atoms with van der Waals surface area (Å²) in [5, 5.41) is 0. The SMILES string of the molecule is CCN(Cc1ccccc1)CC1(c2ccc(N)cc2)CC1. The minimum atomic E-state index is 0.360. The van der Waals surface area contributed by atoms with Gasteiger partial charge in [0, 0.05) is 24.2 Å². The fraction of sp³-hybridized carbons (Fsp3) is 0.368. The molecule has 0 aromatic heterocycles. The molecule has 0 radical (unpaired) electrons. The standard InChI is InChI=1S/C19H24N2/c1-2-21(14-16-6-4-3-5-7-16)15-19(12-13-19)17-8-10-18(20)11-9-17/h3-11H,2,12-15,20H2,1H3. The fourth-order valence-electron chi connectivity index (χ4n) is 3.07. The van der Waals surface area contributed by atoms with Crippen molar-refractivity contribution in [1.29, 1.82) is 0 Å². The zero-order valence-electron chi connectivity index (χ0n) is 12.8. The van der Waals surface area contributed by atoms with Gasteiger partial charge in [0.1, 0.15) is 0 Å². The van der Waals surface area contributed by atoms with Gasteiger partial charge in [-0.25, -0.2) is 0 Å². The summed E-state index contributed by atoms with van der Waals surface area (Å²) < 4.78 is 0. The number of hydrogen-bond donors (Lipinski definition) is 1. The van der Waals surface area contributed by atoms with Crippen molar-refractivity contribution in [2.75, 3.05) is 18.8 Å². The number of nitrogen functional groups attached to an aromatic ring is 1. The first-order valence-corrected chi connectivity index (χ1v) is 7.84. The summed E-state index contributed by atoms with van der Waals surface area (Å²) in [5.41, 5.74) is 9.87. The third kappa shape index (κ3) is 3.27. The van der Waals surface area contributed by atoms with E-state index < -0.39 is 0 Å². The average molecular weight is 280 g/mol. The Balaban J connectivity index is 1.70. The van der Waals surface area contributed by atoms with Crippen molar-refractivity contribution in [3.05, 3.63) is 65.7 Å². The predicted molar refractivity (Wildman–Crippen MR) is 89.2 cm³/mol. The van der Waals surface area contributed by atoms with Gasteiger partial charge in [0.15, 0.2) is 0 Å². The summed E-state index contributed by atoms with van der Waals surface area (Å²) in [6.07, 6.45) is 2.59. The quantitative estimate of drug-likeness (QED) is 0.815. The molecule has 1 fully saturated rings. The first-order chi connectivity index (χ1) is 10.2. The van der Waals surface area contributed by atoms with Gasteiger partial charge in [-0.15, -0.1) is 0 Å². The lowest BCUT2D eigenvalue weighted by atomic mass is 9.95. The molecular formula is C19H24N2. The van der Waals surface area contributed by atoms with Crippen molar-refractivity contribution >= 4 is 5.69 Å². The van der Waals surface area contributed by atoms with E-state index in [1.165, 1.54) is 24.0 Å². The molecule has 1 aliphatic rings. The van der Waals surface area contributed by atoms with Crippen molar-refractivity contribution in [3.8, 4) is 0 Å². The smallest absolute Gasteiger partial charge is 0.0314 e. The van der Waals surface area contributed by atoms with E-state index in [0.29, 0.717) is 5.41 Å². The maximum absolute atomic E-state index is 5.81. The van der Waals surface area contributed by atoms with Gasteiger partial charge in [-0.3, -0.25) is 4.90 Å². The Bertz CT molecular complexity index is 570. The van der Waals surface area contributed by atoms with Gasteiger partial charge in [-0.2, -0.15) is 0 Å². The van der Waals surface area contributed by atoms with Crippen LogP contribution >= 0.6 is 0 Å². The van der Waals surface area contributed by atoms with Gasteiger partial charge >= 0.3 is 0 Å². The summed E-state index contributed by atoms with van der Waals surface area (Å²) in [5.74, 6) is 0. The lowest BCUT2D eigenvalue weighted by molar-refractivity contribution is 0.253. The van der Waals surface area contributed by atoms with Crippen LogP contribution in [-0.2, 0) is 12.0 Å². The number of anilines is 1. The molecule has 2 N–H and O–H groups in total. The van der Waals surface area contributed by atoms with Crippen LogP contribution in [0.3, 0.4) is 0 Å².